The maximum atomic E-state index is 12.0. The minimum atomic E-state index is -0.434. The van der Waals surface area contributed by atoms with Crippen molar-refractivity contribution in [1.82, 2.24) is 4.98 Å². The third-order valence-corrected chi connectivity index (χ3v) is 3.14. The monoisotopic (exact) mass is 279 g/mol. The van der Waals surface area contributed by atoms with E-state index in [0.29, 0.717) is 16.5 Å². The number of aromatic nitrogens is 1. The van der Waals surface area contributed by atoms with E-state index >= 15 is 0 Å². The van der Waals surface area contributed by atoms with E-state index in [1.165, 1.54) is 6.20 Å². The number of hydrogen-bond donors (Lipinski definition) is 1. The van der Waals surface area contributed by atoms with Crippen molar-refractivity contribution in [2.75, 3.05) is 0 Å². The molecule has 3 rings (SSSR count). The summed E-state index contributed by atoms with van der Waals surface area (Å²) in [5, 5.41) is 10.4. The second-order valence-electron chi connectivity index (χ2n) is 4.63. The summed E-state index contributed by atoms with van der Waals surface area (Å²) < 4.78 is 5.25. The molecule has 0 atom stereocenters. The number of fused-ring (bicyclic) bond motifs is 1. The number of phenols is 1. The average molecular weight is 279 g/mol. The van der Waals surface area contributed by atoms with Gasteiger partial charge in [-0.25, -0.2) is 4.79 Å². The SMILES string of the molecule is O=C(OCc1ccccc1)c1cnc2c(O)cccc2c1. The van der Waals surface area contributed by atoms with Crippen molar-refractivity contribution in [3.8, 4) is 5.75 Å². The number of benzene rings is 2. The Balaban J connectivity index is 1.79. The van der Waals surface area contributed by atoms with Gasteiger partial charge in [-0.15, -0.1) is 0 Å². The number of hydrogen-bond acceptors (Lipinski definition) is 4. The van der Waals surface area contributed by atoms with Gasteiger partial charge in [0.05, 0.1) is 5.56 Å². The van der Waals surface area contributed by atoms with Crippen LogP contribution >= 0.6 is 0 Å². The lowest BCUT2D eigenvalue weighted by molar-refractivity contribution is 0.0472. The number of rotatable bonds is 3. The van der Waals surface area contributed by atoms with Crippen molar-refractivity contribution in [2.45, 2.75) is 6.61 Å². The Morgan fingerprint density at radius 1 is 1.10 bits per heavy atom. The van der Waals surface area contributed by atoms with Gasteiger partial charge in [-0.2, -0.15) is 0 Å². The van der Waals surface area contributed by atoms with Gasteiger partial charge < -0.3 is 9.84 Å². The molecule has 0 radical (unpaired) electrons. The molecule has 104 valence electrons. The van der Waals surface area contributed by atoms with E-state index in [1.54, 1.807) is 24.3 Å². The molecule has 0 aliphatic carbocycles. The van der Waals surface area contributed by atoms with Gasteiger partial charge in [0.1, 0.15) is 17.9 Å². The maximum Gasteiger partial charge on any atom is 0.340 e. The Bertz CT molecular complexity index is 784. The molecule has 1 aromatic heterocycles. The first-order chi connectivity index (χ1) is 10.2. The van der Waals surface area contributed by atoms with Crippen LogP contribution in [0.3, 0.4) is 0 Å². The highest BCUT2D eigenvalue weighted by molar-refractivity contribution is 5.94. The molecular weight excluding hydrogens is 266 g/mol. The number of aromatic hydroxyl groups is 1. The van der Waals surface area contributed by atoms with Crippen LogP contribution in [-0.4, -0.2) is 16.1 Å². The number of carbonyl (C=O) groups excluding carboxylic acids is 1. The fourth-order valence-corrected chi connectivity index (χ4v) is 2.06. The summed E-state index contributed by atoms with van der Waals surface area (Å²) in [4.78, 5) is 16.1. The molecule has 0 bridgehead atoms. The molecule has 4 nitrogen and oxygen atoms in total. The highest BCUT2D eigenvalue weighted by atomic mass is 16.5. The highest BCUT2D eigenvalue weighted by Gasteiger charge is 2.10. The fraction of sp³-hybridized carbons (Fsp3) is 0.0588. The van der Waals surface area contributed by atoms with E-state index in [1.807, 2.05) is 30.3 Å². The zero-order valence-corrected chi connectivity index (χ0v) is 11.2. The molecule has 0 saturated carbocycles. The summed E-state index contributed by atoms with van der Waals surface area (Å²) in [6.45, 7) is 0.220. The quantitative estimate of drug-likeness (QED) is 0.747. The van der Waals surface area contributed by atoms with E-state index in [2.05, 4.69) is 4.98 Å². The summed E-state index contributed by atoms with van der Waals surface area (Å²) in [7, 11) is 0. The first kappa shape index (κ1) is 13.1. The lowest BCUT2D eigenvalue weighted by Crippen LogP contribution is -2.05. The summed E-state index contributed by atoms with van der Waals surface area (Å²) in [6.07, 6.45) is 1.41. The van der Waals surface area contributed by atoms with Crippen molar-refractivity contribution >= 4 is 16.9 Å². The second-order valence-corrected chi connectivity index (χ2v) is 4.63. The number of nitrogens with zero attached hydrogens (tertiary/aromatic N) is 1. The van der Waals surface area contributed by atoms with Gasteiger partial charge in [0.15, 0.2) is 0 Å². The number of esters is 1. The minimum absolute atomic E-state index is 0.0942. The summed E-state index contributed by atoms with van der Waals surface area (Å²) in [5.41, 5.74) is 1.76. The van der Waals surface area contributed by atoms with E-state index in [9.17, 15) is 9.90 Å². The molecule has 0 aliphatic heterocycles. The summed E-state index contributed by atoms with van der Waals surface area (Å²) in [6, 6.07) is 16.2. The third kappa shape index (κ3) is 2.84. The first-order valence-corrected chi connectivity index (χ1v) is 6.53. The van der Waals surface area contributed by atoms with E-state index < -0.39 is 5.97 Å². The number of para-hydroxylation sites is 1. The van der Waals surface area contributed by atoms with E-state index in [-0.39, 0.29) is 12.4 Å². The fourth-order valence-electron chi connectivity index (χ4n) is 2.06. The van der Waals surface area contributed by atoms with Crippen LogP contribution in [0, 0.1) is 0 Å². The Labute approximate surface area is 121 Å². The molecule has 1 heterocycles. The second kappa shape index (κ2) is 5.63. The lowest BCUT2D eigenvalue weighted by Gasteiger charge is -2.06. The van der Waals surface area contributed by atoms with Gasteiger partial charge in [-0.05, 0) is 17.7 Å². The molecule has 3 aromatic rings. The number of phenolic OH excluding ortho intramolecular Hbond substituents is 1. The van der Waals surface area contributed by atoms with Crippen LogP contribution in [0.4, 0.5) is 0 Å². The Kier molecular flexibility index (Phi) is 3.51. The molecule has 4 heteroatoms. The van der Waals surface area contributed by atoms with Crippen LogP contribution in [-0.2, 0) is 11.3 Å². The number of carbonyl (C=O) groups is 1. The van der Waals surface area contributed by atoms with Gasteiger partial charge in [0.25, 0.3) is 0 Å². The average Bonchev–Trinajstić information content (AvgIpc) is 2.53. The number of pyridine rings is 1. The van der Waals surface area contributed by atoms with Gasteiger partial charge >= 0.3 is 5.97 Å². The van der Waals surface area contributed by atoms with Crippen molar-refractivity contribution in [3.63, 3.8) is 0 Å². The van der Waals surface area contributed by atoms with Crippen LogP contribution in [0.15, 0.2) is 60.8 Å². The van der Waals surface area contributed by atoms with Crippen LogP contribution < -0.4 is 0 Å². The summed E-state index contributed by atoms with van der Waals surface area (Å²) >= 11 is 0. The molecule has 0 unspecified atom stereocenters. The zero-order valence-electron chi connectivity index (χ0n) is 11.2. The number of ether oxygens (including phenoxy) is 1. The Morgan fingerprint density at radius 2 is 1.90 bits per heavy atom. The Morgan fingerprint density at radius 3 is 2.71 bits per heavy atom. The zero-order chi connectivity index (χ0) is 14.7. The standard InChI is InChI=1S/C17H13NO3/c19-15-8-4-7-13-9-14(10-18-16(13)15)17(20)21-11-12-5-2-1-3-6-12/h1-10,19H,11H2. The van der Waals surface area contributed by atoms with Crippen LogP contribution in [0.5, 0.6) is 5.75 Å². The van der Waals surface area contributed by atoms with Gasteiger partial charge in [-0.3, -0.25) is 4.98 Å². The van der Waals surface area contributed by atoms with Gasteiger partial charge in [0.2, 0.25) is 0 Å². The molecule has 21 heavy (non-hydrogen) atoms. The predicted molar refractivity (Wildman–Crippen MR) is 79.0 cm³/mol. The lowest BCUT2D eigenvalue weighted by atomic mass is 10.1. The van der Waals surface area contributed by atoms with Crippen molar-refractivity contribution in [1.29, 1.82) is 0 Å². The topological polar surface area (TPSA) is 59.4 Å². The molecule has 0 saturated heterocycles. The molecule has 2 aromatic carbocycles. The van der Waals surface area contributed by atoms with Crippen LogP contribution in [0.25, 0.3) is 10.9 Å². The molecular formula is C17H13NO3. The van der Waals surface area contributed by atoms with E-state index in [0.717, 1.165) is 5.56 Å². The van der Waals surface area contributed by atoms with Crippen molar-refractivity contribution < 1.29 is 14.6 Å². The van der Waals surface area contributed by atoms with Crippen molar-refractivity contribution in [3.05, 3.63) is 71.9 Å². The smallest absolute Gasteiger partial charge is 0.340 e. The van der Waals surface area contributed by atoms with Crippen LogP contribution in [0.1, 0.15) is 15.9 Å². The molecule has 0 aliphatic rings. The summed E-state index contributed by atoms with van der Waals surface area (Å²) in [5.74, 6) is -0.340. The molecule has 0 spiro atoms. The largest absolute Gasteiger partial charge is 0.506 e. The third-order valence-electron chi connectivity index (χ3n) is 3.14. The van der Waals surface area contributed by atoms with Gasteiger partial charge in [0, 0.05) is 11.6 Å². The highest BCUT2D eigenvalue weighted by Crippen LogP contribution is 2.22. The molecule has 0 amide bonds. The van der Waals surface area contributed by atoms with Gasteiger partial charge in [-0.1, -0.05) is 42.5 Å². The van der Waals surface area contributed by atoms with E-state index in [4.69, 9.17) is 4.74 Å². The first-order valence-electron chi connectivity index (χ1n) is 6.53. The molecule has 0 fully saturated rings. The predicted octanol–water partition coefficient (Wildman–Crippen LogP) is 3.30. The Hall–Kier alpha value is -2.88. The van der Waals surface area contributed by atoms with Crippen molar-refractivity contribution in [2.24, 2.45) is 0 Å². The normalized spacial score (nSPS) is 10.5. The van der Waals surface area contributed by atoms with Crippen LogP contribution in [0.2, 0.25) is 0 Å². The molecule has 1 N–H and O–H groups in total. The minimum Gasteiger partial charge on any atom is -0.506 e. The maximum absolute atomic E-state index is 12.0.